The second-order valence-corrected chi connectivity index (χ2v) is 6.44. The van der Waals surface area contributed by atoms with Gasteiger partial charge in [-0.15, -0.1) is 0 Å². The molecule has 1 amide bonds. The van der Waals surface area contributed by atoms with E-state index in [-0.39, 0.29) is 11.9 Å². The number of aryl methyl sites for hydroxylation is 1. The zero-order valence-corrected chi connectivity index (χ0v) is 14.5. The maximum absolute atomic E-state index is 11.9. The number of primary amides is 1. The number of piperidine rings is 1. The molecule has 134 valence electrons. The van der Waals surface area contributed by atoms with Crippen LogP contribution in [0.25, 0.3) is 0 Å². The summed E-state index contributed by atoms with van der Waals surface area (Å²) >= 11 is 0. The number of nitrogens with two attached hydrogens (primary N) is 1. The second-order valence-electron chi connectivity index (χ2n) is 6.44. The van der Waals surface area contributed by atoms with Crippen molar-refractivity contribution in [1.82, 2.24) is 20.4 Å². The molecular weight excluding hydrogens is 318 g/mol. The van der Waals surface area contributed by atoms with Gasteiger partial charge in [0.1, 0.15) is 6.04 Å². The van der Waals surface area contributed by atoms with Crippen molar-refractivity contribution in [3.05, 3.63) is 47.6 Å². The van der Waals surface area contributed by atoms with Crippen LogP contribution in [0.4, 0.5) is 0 Å². The number of hydrogen-bond donors (Lipinski definition) is 2. The predicted octanol–water partition coefficient (Wildman–Crippen LogP) is 1.41. The summed E-state index contributed by atoms with van der Waals surface area (Å²) in [5.74, 6) is 1.03. The third-order valence-electron chi connectivity index (χ3n) is 4.50. The van der Waals surface area contributed by atoms with E-state index in [2.05, 4.69) is 20.4 Å². The quantitative estimate of drug-likeness (QED) is 0.789. The van der Waals surface area contributed by atoms with Crippen LogP contribution in [0.1, 0.15) is 43.1 Å². The van der Waals surface area contributed by atoms with Gasteiger partial charge in [0.2, 0.25) is 11.8 Å². The monoisotopic (exact) mass is 343 g/mol. The highest BCUT2D eigenvalue weighted by molar-refractivity contribution is 5.81. The van der Waals surface area contributed by atoms with Gasteiger partial charge in [0, 0.05) is 19.0 Å². The van der Waals surface area contributed by atoms with E-state index >= 15 is 0 Å². The molecule has 2 unspecified atom stereocenters. The highest BCUT2D eigenvalue weighted by Crippen LogP contribution is 2.18. The maximum Gasteiger partial charge on any atom is 0.239 e. The summed E-state index contributed by atoms with van der Waals surface area (Å²) in [4.78, 5) is 18.6. The van der Waals surface area contributed by atoms with Crippen LogP contribution in [0.2, 0.25) is 0 Å². The van der Waals surface area contributed by atoms with Crippen LogP contribution in [0, 0.1) is 0 Å². The molecule has 1 saturated heterocycles. The minimum absolute atomic E-state index is 0.198. The molecule has 25 heavy (non-hydrogen) atoms. The molecule has 1 fully saturated rings. The summed E-state index contributed by atoms with van der Waals surface area (Å²) in [5, 5.41) is 7.44. The first-order valence-corrected chi connectivity index (χ1v) is 8.80. The molecule has 0 bridgehead atoms. The molecule has 7 heteroatoms. The first-order chi connectivity index (χ1) is 12.2. The summed E-state index contributed by atoms with van der Waals surface area (Å²) in [6, 6.07) is 9.35. The van der Waals surface area contributed by atoms with Gasteiger partial charge >= 0.3 is 0 Å². The standard InChI is InChI=1S/C18H25N5O2/c1-2-16-21-15(22-25-16)12-23-10-6-9-14(11-23)20-17(18(19)24)13-7-4-3-5-8-13/h3-5,7-8,14,17,20H,2,6,9-12H2,1H3,(H2,19,24). The molecule has 1 aromatic carbocycles. The van der Waals surface area contributed by atoms with Crippen LogP contribution in [-0.2, 0) is 17.8 Å². The lowest BCUT2D eigenvalue weighted by atomic mass is 10.0. The number of likely N-dealkylation sites (tertiary alicyclic amines) is 1. The molecule has 3 rings (SSSR count). The summed E-state index contributed by atoms with van der Waals surface area (Å²) in [6.07, 6.45) is 2.81. The van der Waals surface area contributed by atoms with Gasteiger partial charge in [0.15, 0.2) is 5.82 Å². The average Bonchev–Trinajstić information content (AvgIpc) is 3.08. The molecular formula is C18H25N5O2. The zero-order valence-electron chi connectivity index (χ0n) is 14.5. The Morgan fingerprint density at radius 1 is 1.44 bits per heavy atom. The largest absolute Gasteiger partial charge is 0.368 e. The smallest absolute Gasteiger partial charge is 0.239 e. The molecule has 7 nitrogen and oxygen atoms in total. The van der Waals surface area contributed by atoms with Gasteiger partial charge in [0.05, 0.1) is 6.54 Å². The Morgan fingerprint density at radius 3 is 2.92 bits per heavy atom. The van der Waals surface area contributed by atoms with Gasteiger partial charge < -0.3 is 10.3 Å². The Hall–Kier alpha value is -2.25. The van der Waals surface area contributed by atoms with E-state index in [1.165, 1.54) is 0 Å². The van der Waals surface area contributed by atoms with Gasteiger partial charge in [0.25, 0.3) is 0 Å². The van der Waals surface area contributed by atoms with Gasteiger partial charge in [-0.2, -0.15) is 4.98 Å². The molecule has 2 heterocycles. The van der Waals surface area contributed by atoms with Crippen LogP contribution >= 0.6 is 0 Å². The van der Waals surface area contributed by atoms with E-state index in [0.29, 0.717) is 18.3 Å². The Bertz CT molecular complexity index is 688. The second kappa shape index (κ2) is 8.22. The molecule has 1 aliphatic heterocycles. The van der Waals surface area contributed by atoms with Crippen molar-refractivity contribution in [2.45, 2.75) is 44.8 Å². The van der Waals surface area contributed by atoms with E-state index in [0.717, 1.165) is 37.9 Å². The molecule has 1 aliphatic rings. The molecule has 0 aliphatic carbocycles. The molecule has 0 spiro atoms. The van der Waals surface area contributed by atoms with E-state index in [4.69, 9.17) is 10.3 Å². The summed E-state index contributed by atoms with van der Waals surface area (Å²) < 4.78 is 5.17. The van der Waals surface area contributed by atoms with Crippen LogP contribution in [0.15, 0.2) is 34.9 Å². The van der Waals surface area contributed by atoms with Crippen molar-refractivity contribution in [1.29, 1.82) is 0 Å². The fraction of sp³-hybridized carbons (Fsp3) is 0.500. The molecule has 2 aromatic rings. The molecule has 0 saturated carbocycles. The number of carbonyl (C=O) groups excluding carboxylic acids is 1. The van der Waals surface area contributed by atoms with Crippen molar-refractivity contribution in [3.63, 3.8) is 0 Å². The van der Waals surface area contributed by atoms with Crippen LogP contribution in [0.5, 0.6) is 0 Å². The maximum atomic E-state index is 11.9. The van der Waals surface area contributed by atoms with E-state index < -0.39 is 6.04 Å². The third kappa shape index (κ3) is 4.64. The summed E-state index contributed by atoms with van der Waals surface area (Å²) in [6.45, 7) is 4.47. The first kappa shape index (κ1) is 17.6. The number of nitrogens with zero attached hydrogens (tertiary/aromatic N) is 3. The van der Waals surface area contributed by atoms with Crippen LogP contribution in [0.3, 0.4) is 0 Å². The van der Waals surface area contributed by atoms with Crippen molar-refractivity contribution in [2.24, 2.45) is 5.73 Å². The van der Waals surface area contributed by atoms with Crippen molar-refractivity contribution in [2.75, 3.05) is 13.1 Å². The average molecular weight is 343 g/mol. The van der Waals surface area contributed by atoms with Gasteiger partial charge in [-0.05, 0) is 24.9 Å². The highest BCUT2D eigenvalue weighted by Gasteiger charge is 2.26. The van der Waals surface area contributed by atoms with E-state index in [9.17, 15) is 4.79 Å². The number of hydrogen-bond acceptors (Lipinski definition) is 6. The minimum Gasteiger partial charge on any atom is -0.368 e. The van der Waals surface area contributed by atoms with Crippen LogP contribution < -0.4 is 11.1 Å². The normalized spacial score (nSPS) is 19.6. The molecule has 3 N–H and O–H groups in total. The Kier molecular flexibility index (Phi) is 5.78. The fourth-order valence-corrected chi connectivity index (χ4v) is 3.26. The first-order valence-electron chi connectivity index (χ1n) is 8.80. The molecule has 0 radical (unpaired) electrons. The lowest BCUT2D eigenvalue weighted by molar-refractivity contribution is -0.120. The van der Waals surface area contributed by atoms with Crippen LogP contribution in [-0.4, -0.2) is 40.1 Å². The Balaban J connectivity index is 1.61. The lowest BCUT2D eigenvalue weighted by Gasteiger charge is -2.34. The summed E-state index contributed by atoms with van der Waals surface area (Å²) in [5.41, 5.74) is 6.52. The lowest BCUT2D eigenvalue weighted by Crippen LogP contribution is -2.49. The molecule has 2 atom stereocenters. The minimum atomic E-state index is -0.469. The predicted molar refractivity (Wildman–Crippen MR) is 93.5 cm³/mol. The number of aromatic nitrogens is 2. The number of rotatable bonds is 7. The topological polar surface area (TPSA) is 97.3 Å². The van der Waals surface area contributed by atoms with E-state index in [1.54, 1.807) is 0 Å². The van der Waals surface area contributed by atoms with Crippen molar-refractivity contribution in [3.8, 4) is 0 Å². The van der Waals surface area contributed by atoms with E-state index in [1.807, 2.05) is 37.3 Å². The fourth-order valence-electron chi connectivity index (χ4n) is 3.26. The number of nitrogens with one attached hydrogen (secondary N) is 1. The number of benzene rings is 1. The van der Waals surface area contributed by atoms with Gasteiger partial charge in [-0.25, -0.2) is 0 Å². The SMILES string of the molecule is CCc1nc(CN2CCCC(NC(C(N)=O)c3ccccc3)C2)no1. The molecule has 1 aromatic heterocycles. The van der Waals surface area contributed by atoms with Gasteiger partial charge in [-0.3, -0.25) is 15.0 Å². The van der Waals surface area contributed by atoms with Crippen molar-refractivity contribution < 1.29 is 9.32 Å². The summed E-state index contributed by atoms with van der Waals surface area (Å²) in [7, 11) is 0. The highest BCUT2D eigenvalue weighted by atomic mass is 16.5. The van der Waals surface area contributed by atoms with Gasteiger partial charge in [-0.1, -0.05) is 42.4 Å². The van der Waals surface area contributed by atoms with Crippen molar-refractivity contribution >= 4 is 5.91 Å². The third-order valence-corrected chi connectivity index (χ3v) is 4.50. The Morgan fingerprint density at radius 2 is 2.24 bits per heavy atom. The number of carbonyl (C=O) groups is 1. The Labute approximate surface area is 147 Å². The zero-order chi connectivity index (χ0) is 17.6. The number of amides is 1.